The minimum atomic E-state index is -0.478. The minimum absolute atomic E-state index is 0.0298. The largest absolute Gasteiger partial charge is 0.508 e. The lowest BCUT2D eigenvalue weighted by Crippen LogP contribution is -2.42. The van der Waals surface area contributed by atoms with Crippen LogP contribution >= 0.6 is 0 Å². The lowest BCUT2D eigenvalue weighted by atomic mass is 10.1. The van der Waals surface area contributed by atoms with Gasteiger partial charge in [0.25, 0.3) is 5.91 Å². The molecule has 7 nitrogen and oxygen atoms in total. The number of phenolic OH excluding ortho intramolecular Hbond substituents is 1. The van der Waals surface area contributed by atoms with E-state index < -0.39 is 11.8 Å². The van der Waals surface area contributed by atoms with Crippen molar-refractivity contribution in [2.24, 2.45) is 0 Å². The van der Waals surface area contributed by atoms with E-state index in [1.165, 1.54) is 36.4 Å². The smallest absolute Gasteiger partial charge is 0.269 e. The molecule has 0 unspecified atom stereocenters. The van der Waals surface area contributed by atoms with E-state index in [1.807, 2.05) is 5.48 Å². The fourth-order valence-corrected chi connectivity index (χ4v) is 1.79. The van der Waals surface area contributed by atoms with E-state index >= 15 is 0 Å². The third kappa shape index (κ3) is 4.22. The maximum absolute atomic E-state index is 11.8. The van der Waals surface area contributed by atoms with Gasteiger partial charge in [-0.15, -0.1) is 0 Å². The van der Waals surface area contributed by atoms with Gasteiger partial charge in [0.15, 0.2) is 0 Å². The van der Waals surface area contributed by atoms with Gasteiger partial charge in [-0.05, 0) is 42.0 Å². The Bertz CT molecular complexity index is 671. The van der Waals surface area contributed by atoms with Gasteiger partial charge in [0.1, 0.15) is 5.75 Å². The van der Waals surface area contributed by atoms with E-state index in [0.717, 1.165) is 0 Å². The molecule has 114 valence electrons. The fourth-order valence-electron chi connectivity index (χ4n) is 1.79. The summed E-state index contributed by atoms with van der Waals surface area (Å²) >= 11 is 0. The van der Waals surface area contributed by atoms with Crippen molar-refractivity contribution in [3.05, 3.63) is 59.7 Å². The molecule has 22 heavy (non-hydrogen) atoms. The second-order valence-electron chi connectivity index (χ2n) is 4.54. The number of nitrogens with one attached hydrogen (secondary N) is 3. The summed E-state index contributed by atoms with van der Waals surface area (Å²) in [5.74, 6) is -0.812. The molecule has 0 spiro atoms. The second kappa shape index (κ2) is 7.09. The number of benzene rings is 2. The van der Waals surface area contributed by atoms with Gasteiger partial charge >= 0.3 is 0 Å². The van der Waals surface area contributed by atoms with Gasteiger partial charge in [-0.25, -0.2) is 0 Å². The Balaban J connectivity index is 1.86. The molecule has 0 aliphatic carbocycles. The van der Waals surface area contributed by atoms with E-state index in [2.05, 4.69) is 10.9 Å². The van der Waals surface area contributed by atoms with Gasteiger partial charge in [-0.3, -0.25) is 31.1 Å². The van der Waals surface area contributed by atoms with Crippen molar-refractivity contribution < 1.29 is 19.9 Å². The number of carbonyl (C=O) groups excluding carboxylic acids is 2. The number of hydrogen-bond donors (Lipinski definition) is 5. The van der Waals surface area contributed by atoms with E-state index in [4.69, 9.17) is 5.21 Å². The Labute approximate surface area is 126 Å². The quantitative estimate of drug-likeness (QED) is 0.545. The molecule has 2 aromatic rings. The molecule has 0 bridgehead atoms. The van der Waals surface area contributed by atoms with Gasteiger partial charge < -0.3 is 5.11 Å². The maximum Gasteiger partial charge on any atom is 0.269 e. The van der Waals surface area contributed by atoms with Gasteiger partial charge in [0.05, 0.1) is 12.1 Å². The highest BCUT2D eigenvalue weighted by Crippen LogP contribution is 2.11. The minimum Gasteiger partial charge on any atom is -0.508 e. The second-order valence-corrected chi connectivity index (χ2v) is 4.54. The van der Waals surface area contributed by atoms with Crippen LogP contribution in [0.25, 0.3) is 0 Å². The van der Waals surface area contributed by atoms with Crippen molar-refractivity contribution in [2.75, 3.05) is 5.48 Å². The van der Waals surface area contributed by atoms with Crippen molar-refractivity contribution in [1.82, 2.24) is 10.9 Å². The Morgan fingerprint density at radius 1 is 1.00 bits per heavy atom. The number of hydrazine groups is 1. The summed E-state index contributed by atoms with van der Waals surface area (Å²) in [5, 5.41) is 18.0. The number of carbonyl (C=O) groups is 2. The molecule has 2 amide bonds. The zero-order valence-corrected chi connectivity index (χ0v) is 11.5. The monoisotopic (exact) mass is 301 g/mol. The van der Waals surface area contributed by atoms with Crippen LogP contribution in [0.15, 0.2) is 48.5 Å². The molecule has 7 heteroatoms. The molecule has 5 N–H and O–H groups in total. The first-order valence-corrected chi connectivity index (χ1v) is 6.46. The number of amides is 2. The van der Waals surface area contributed by atoms with Crippen molar-refractivity contribution in [3.8, 4) is 5.75 Å². The molecular formula is C15H15N3O4. The summed E-state index contributed by atoms with van der Waals surface area (Å²) in [6.45, 7) is 0. The Kier molecular flexibility index (Phi) is 4.94. The van der Waals surface area contributed by atoms with Crippen molar-refractivity contribution in [2.45, 2.75) is 6.42 Å². The normalized spacial score (nSPS) is 9.86. The SMILES string of the molecule is O=C(Cc1cccc(O)c1)NNC(=O)c1ccc(NO)cc1. The Morgan fingerprint density at radius 2 is 1.73 bits per heavy atom. The lowest BCUT2D eigenvalue weighted by Gasteiger charge is -2.08. The van der Waals surface area contributed by atoms with Crippen LogP contribution in [0.2, 0.25) is 0 Å². The first-order valence-electron chi connectivity index (χ1n) is 6.46. The van der Waals surface area contributed by atoms with Crippen molar-refractivity contribution in [3.63, 3.8) is 0 Å². The predicted octanol–water partition coefficient (Wildman–Crippen LogP) is 1.20. The topological polar surface area (TPSA) is 111 Å². The molecule has 0 aliphatic rings. The Morgan fingerprint density at radius 3 is 2.36 bits per heavy atom. The highest BCUT2D eigenvalue weighted by atomic mass is 16.5. The van der Waals surface area contributed by atoms with E-state index in [1.54, 1.807) is 12.1 Å². The molecule has 0 atom stereocenters. The fraction of sp³-hybridized carbons (Fsp3) is 0.0667. The first-order chi connectivity index (χ1) is 10.6. The summed E-state index contributed by atoms with van der Waals surface area (Å²) in [7, 11) is 0. The third-order valence-corrected chi connectivity index (χ3v) is 2.87. The Hall–Kier alpha value is -3.06. The molecule has 2 aromatic carbocycles. The molecule has 0 aromatic heterocycles. The van der Waals surface area contributed by atoms with Gasteiger partial charge in [0.2, 0.25) is 5.91 Å². The number of rotatable bonds is 4. The summed E-state index contributed by atoms with van der Waals surface area (Å²) in [6, 6.07) is 12.3. The van der Waals surface area contributed by atoms with Crippen LogP contribution in [-0.2, 0) is 11.2 Å². The summed E-state index contributed by atoms with van der Waals surface area (Å²) in [5.41, 5.74) is 7.94. The number of anilines is 1. The average Bonchev–Trinajstić information content (AvgIpc) is 2.52. The molecular weight excluding hydrogens is 286 g/mol. The van der Waals surface area contributed by atoms with Crippen LogP contribution in [0.4, 0.5) is 5.69 Å². The molecule has 0 heterocycles. The highest BCUT2D eigenvalue weighted by Gasteiger charge is 2.08. The van der Waals surface area contributed by atoms with Gasteiger partial charge in [-0.1, -0.05) is 12.1 Å². The maximum atomic E-state index is 11.8. The van der Waals surface area contributed by atoms with Gasteiger partial charge in [-0.2, -0.15) is 0 Å². The molecule has 0 saturated carbocycles. The first kappa shape index (κ1) is 15.3. The average molecular weight is 301 g/mol. The summed E-state index contributed by atoms with van der Waals surface area (Å²) < 4.78 is 0. The predicted molar refractivity (Wildman–Crippen MR) is 79.3 cm³/mol. The highest BCUT2D eigenvalue weighted by molar-refractivity contribution is 5.95. The van der Waals surface area contributed by atoms with Crippen LogP contribution < -0.4 is 16.3 Å². The van der Waals surface area contributed by atoms with Crippen LogP contribution in [0.1, 0.15) is 15.9 Å². The van der Waals surface area contributed by atoms with Crippen LogP contribution in [-0.4, -0.2) is 22.1 Å². The molecule has 0 fully saturated rings. The lowest BCUT2D eigenvalue weighted by molar-refractivity contribution is -0.121. The number of hydrogen-bond acceptors (Lipinski definition) is 5. The van der Waals surface area contributed by atoms with E-state index in [9.17, 15) is 14.7 Å². The molecule has 0 saturated heterocycles. The third-order valence-electron chi connectivity index (χ3n) is 2.87. The molecule has 0 radical (unpaired) electrons. The zero-order valence-electron chi connectivity index (χ0n) is 11.5. The van der Waals surface area contributed by atoms with E-state index in [0.29, 0.717) is 16.8 Å². The molecule has 0 aliphatic heterocycles. The summed E-state index contributed by atoms with van der Waals surface area (Å²) in [6.07, 6.45) is 0.0298. The van der Waals surface area contributed by atoms with Gasteiger partial charge in [0, 0.05) is 5.56 Å². The van der Waals surface area contributed by atoms with Crippen LogP contribution in [0.3, 0.4) is 0 Å². The number of aromatic hydroxyl groups is 1. The van der Waals surface area contributed by atoms with Crippen LogP contribution in [0.5, 0.6) is 5.75 Å². The van der Waals surface area contributed by atoms with Crippen molar-refractivity contribution >= 4 is 17.5 Å². The number of phenols is 1. The molecule has 2 rings (SSSR count). The van der Waals surface area contributed by atoms with Crippen molar-refractivity contribution in [1.29, 1.82) is 0 Å². The van der Waals surface area contributed by atoms with E-state index in [-0.39, 0.29) is 12.2 Å². The standard InChI is InChI=1S/C15H15N3O4/c19-13-3-1-2-10(8-13)9-14(20)16-17-15(21)11-4-6-12(18-22)7-5-11/h1-8,18-19,22H,9H2,(H,16,20)(H,17,21). The summed E-state index contributed by atoms with van der Waals surface area (Å²) in [4.78, 5) is 23.5. The van der Waals surface area contributed by atoms with Crippen LogP contribution in [0, 0.1) is 0 Å². The zero-order chi connectivity index (χ0) is 15.9.